The van der Waals surface area contributed by atoms with Gasteiger partial charge < -0.3 is 20.9 Å². The van der Waals surface area contributed by atoms with E-state index in [1.54, 1.807) is 31.5 Å². The number of methoxy groups -OCH3 is 1. The number of pyridine rings is 1. The Morgan fingerprint density at radius 2 is 2.20 bits per heavy atom. The number of anilines is 2. The number of ether oxygens (including phenoxy) is 1. The summed E-state index contributed by atoms with van der Waals surface area (Å²) in [7, 11) is 1.54. The van der Waals surface area contributed by atoms with Crippen LogP contribution in [-0.4, -0.2) is 23.2 Å². The molecule has 0 fully saturated rings. The maximum absolute atomic E-state index is 11.1. The van der Waals surface area contributed by atoms with Crippen LogP contribution in [0, 0.1) is 0 Å². The van der Waals surface area contributed by atoms with Gasteiger partial charge in [-0.15, -0.1) is 0 Å². The van der Waals surface area contributed by atoms with Crippen LogP contribution in [0.3, 0.4) is 0 Å². The van der Waals surface area contributed by atoms with Crippen molar-refractivity contribution in [3.8, 4) is 5.88 Å². The molecular formula is C14H15N3O3. The molecule has 0 aliphatic rings. The van der Waals surface area contributed by atoms with E-state index in [1.807, 2.05) is 6.07 Å². The molecule has 0 bridgehead atoms. The molecular weight excluding hydrogens is 258 g/mol. The summed E-state index contributed by atoms with van der Waals surface area (Å²) in [6.45, 7) is 0.447. The van der Waals surface area contributed by atoms with Crippen LogP contribution in [0.2, 0.25) is 0 Å². The Balaban J connectivity index is 2.17. The molecule has 0 saturated carbocycles. The third-order valence-corrected chi connectivity index (χ3v) is 2.77. The number of hydrogen-bond acceptors (Lipinski definition) is 5. The highest BCUT2D eigenvalue weighted by molar-refractivity contribution is 5.95. The quantitative estimate of drug-likeness (QED) is 0.721. The van der Waals surface area contributed by atoms with Crippen LogP contribution in [-0.2, 0) is 6.54 Å². The fraction of sp³-hybridized carbons (Fsp3) is 0.143. The molecule has 0 radical (unpaired) electrons. The van der Waals surface area contributed by atoms with Crippen molar-refractivity contribution in [2.24, 2.45) is 0 Å². The number of aromatic nitrogens is 1. The summed E-state index contributed by atoms with van der Waals surface area (Å²) in [5, 5.41) is 12.2. The van der Waals surface area contributed by atoms with Crippen molar-refractivity contribution in [2.45, 2.75) is 6.54 Å². The number of nitrogens with two attached hydrogens (primary N) is 1. The number of hydrogen-bond donors (Lipinski definition) is 3. The number of nitrogens with zero attached hydrogens (tertiary/aromatic N) is 1. The Morgan fingerprint density at radius 1 is 1.40 bits per heavy atom. The zero-order chi connectivity index (χ0) is 14.5. The van der Waals surface area contributed by atoms with E-state index in [4.69, 9.17) is 15.6 Å². The zero-order valence-corrected chi connectivity index (χ0v) is 11.0. The van der Waals surface area contributed by atoms with Gasteiger partial charge in [0.15, 0.2) is 0 Å². The third-order valence-electron chi connectivity index (χ3n) is 2.77. The molecule has 20 heavy (non-hydrogen) atoms. The normalized spacial score (nSPS) is 10.1. The first-order chi connectivity index (χ1) is 9.60. The lowest BCUT2D eigenvalue weighted by atomic mass is 10.1. The first-order valence-electron chi connectivity index (χ1n) is 5.96. The van der Waals surface area contributed by atoms with Gasteiger partial charge in [-0.3, -0.25) is 0 Å². The van der Waals surface area contributed by atoms with Gasteiger partial charge >= 0.3 is 5.97 Å². The molecule has 6 heteroatoms. The summed E-state index contributed by atoms with van der Waals surface area (Å²) in [4.78, 5) is 15.1. The number of rotatable bonds is 5. The Kier molecular flexibility index (Phi) is 4.05. The second kappa shape index (κ2) is 5.92. The fourth-order valence-corrected chi connectivity index (χ4v) is 1.76. The standard InChI is InChI=1S/C14H15N3O3/c1-20-13-6-9(4-5-16-13)8-17-12-7-10(15)2-3-11(12)14(18)19/h2-7,17H,8,15H2,1H3,(H,18,19). The molecule has 4 N–H and O–H groups in total. The summed E-state index contributed by atoms with van der Waals surface area (Å²) >= 11 is 0. The van der Waals surface area contributed by atoms with Crippen LogP contribution in [0.25, 0.3) is 0 Å². The van der Waals surface area contributed by atoms with Crippen molar-refractivity contribution in [1.29, 1.82) is 0 Å². The molecule has 6 nitrogen and oxygen atoms in total. The van der Waals surface area contributed by atoms with Crippen LogP contribution in [0.15, 0.2) is 36.5 Å². The van der Waals surface area contributed by atoms with Crippen molar-refractivity contribution in [2.75, 3.05) is 18.2 Å². The summed E-state index contributed by atoms with van der Waals surface area (Å²) in [6, 6.07) is 8.24. The molecule has 0 spiro atoms. The Bertz CT molecular complexity index is 629. The van der Waals surface area contributed by atoms with E-state index in [0.717, 1.165) is 5.56 Å². The van der Waals surface area contributed by atoms with E-state index in [9.17, 15) is 4.79 Å². The van der Waals surface area contributed by atoms with E-state index >= 15 is 0 Å². The number of carboxylic acids is 1. The summed E-state index contributed by atoms with van der Waals surface area (Å²) in [5.74, 6) is -0.491. The van der Waals surface area contributed by atoms with Gasteiger partial charge in [-0.1, -0.05) is 0 Å². The lowest BCUT2D eigenvalue weighted by Crippen LogP contribution is -2.07. The predicted octanol–water partition coefficient (Wildman–Crippen LogP) is 1.98. The monoisotopic (exact) mass is 273 g/mol. The highest BCUT2D eigenvalue weighted by Crippen LogP contribution is 2.20. The Hall–Kier alpha value is -2.76. The summed E-state index contributed by atoms with van der Waals surface area (Å²) in [5.41, 5.74) is 7.77. The van der Waals surface area contributed by atoms with Gasteiger partial charge in [0.2, 0.25) is 5.88 Å². The lowest BCUT2D eigenvalue weighted by molar-refractivity contribution is 0.0698. The topological polar surface area (TPSA) is 97.5 Å². The Labute approximate surface area is 116 Å². The molecule has 1 aromatic carbocycles. The van der Waals surface area contributed by atoms with Crippen LogP contribution >= 0.6 is 0 Å². The smallest absolute Gasteiger partial charge is 0.337 e. The van der Waals surface area contributed by atoms with E-state index in [1.165, 1.54) is 6.07 Å². The van der Waals surface area contributed by atoms with Gasteiger partial charge in [0, 0.05) is 24.5 Å². The van der Waals surface area contributed by atoms with E-state index < -0.39 is 5.97 Å². The molecule has 2 aromatic rings. The van der Waals surface area contributed by atoms with Crippen LogP contribution in [0.4, 0.5) is 11.4 Å². The van der Waals surface area contributed by atoms with Gasteiger partial charge in [0.25, 0.3) is 0 Å². The molecule has 0 amide bonds. The molecule has 2 rings (SSSR count). The van der Waals surface area contributed by atoms with Crippen molar-refractivity contribution in [3.63, 3.8) is 0 Å². The minimum absolute atomic E-state index is 0.181. The first-order valence-corrected chi connectivity index (χ1v) is 5.96. The minimum atomic E-state index is -1.00. The Morgan fingerprint density at radius 3 is 2.90 bits per heavy atom. The van der Waals surface area contributed by atoms with Crippen molar-refractivity contribution in [1.82, 2.24) is 4.98 Å². The molecule has 0 unspecified atom stereocenters. The number of aromatic carboxylic acids is 1. The highest BCUT2D eigenvalue weighted by Gasteiger charge is 2.10. The second-order valence-corrected chi connectivity index (χ2v) is 4.17. The SMILES string of the molecule is COc1cc(CNc2cc(N)ccc2C(=O)O)ccn1. The fourth-order valence-electron chi connectivity index (χ4n) is 1.76. The van der Waals surface area contributed by atoms with Crippen LogP contribution < -0.4 is 15.8 Å². The largest absolute Gasteiger partial charge is 0.481 e. The van der Waals surface area contributed by atoms with Gasteiger partial charge in [0.1, 0.15) is 0 Å². The number of nitrogen functional groups attached to an aromatic ring is 1. The van der Waals surface area contributed by atoms with Crippen molar-refractivity contribution >= 4 is 17.3 Å². The lowest BCUT2D eigenvalue weighted by Gasteiger charge is -2.11. The number of benzene rings is 1. The first kappa shape index (κ1) is 13.7. The molecule has 104 valence electrons. The zero-order valence-electron chi connectivity index (χ0n) is 11.0. The van der Waals surface area contributed by atoms with Crippen molar-refractivity contribution < 1.29 is 14.6 Å². The molecule has 1 aromatic heterocycles. The average Bonchev–Trinajstić information content (AvgIpc) is 2.45. The second-order valence-electron chi connectivity index (χ2n) is 4.17. The minimum Gasteiger partial charge on any atom is -0.481 e. The number of carbonyl (C=O) groups is 1. The van der Waals surface area contributed by atoms with Gasteiger partial charge in [-0.2, -0.15) is 0 Å². The number of nitrogens with one attached hydrogen (secondary N) is 1. The van der Waals surface area contributed by atoms with Crippen molar-refractivity contribution in [3.05, 3.63) is 47.7 Å². The molecule has 0 saturated heterocycles. The highest BCUT2D eigenvalue weighted by atomic mass is 16.5. The van der Waals surface area contributed by atoms with E-state index in [-0.39, 0.29) is 5.56 Å². The van der Waals surface area contributed by atoms with Gasteiger partial charge in [-0.25, -0.2) is 9.78 Å². The molecule has 0 aliphatic heterocycles. The molecule has 1 heterocycles. The number of carboxylic acid groups (broad SMARTS) is 1. The summed E-state index contributed by atoms with van der Waals surface area (Å²) in [6.07, 6.45) is 1.63. The predicted molar refractivity (Wildman–Crippen MR) is 75.9 cm³/mol. The summed E-state index contributed by atoms with van der Waals surface area (Å²) < 4.78 is 5.03. The molecule has 0 aliphatic carbocycles. The maximum atomic E-state index is 11.1. The van der Waals surface area contributed by atoms with Crippen LogP contribution in [0.1, 0.15) is 15.9 Å². The van der Waals surface area contributed by atoms with Gasteiger partial charge in [0.05, 0.1) is 18.4 Å². The average molecular weight is 273 g/mol. The maximum Gasteiger partial charge on any atom is 0.337 e. The third kappa shape index (κ3) is 3.17. The van der Waals surface area contributed by atoms with E-state index in [2.05, 4.69) is 10.3 Å². The van der Waals surface area contributed by atoms with Gasteiger partial charge in [-0.05, 0) is 29.8 Å². The van der Waals surface area contributed by atoms with E-state index in [0.29, 0.717) is 23.8 Å². The van der Waals surface area contributed by atoms with Crippen LogP contribution in [0.5, 0.6) is 5.88 Å². The molecule has 0 atom stereocenters.